The highest BCUT2D eigenvalue weighted by Gasteiger charge is 2.12. The van der Waals surface area contributed by atoms with E-state index < -0.39 is 5.97 Å². The molecular formula is C20H16O3. The highest BCUT2D eigenvalue weighted by Crippen LogP contribution is 2.20. The summed E-state index contributed by atoms with van der Waals surface area (Å²) in [6.45, 7) is 0. The zero-order chi connectivity index (χ0) is 16.1. The third-order valence-electron chi connectivity index (χ3n) is 3.51. The Labute approximate surface area is 134 Å². The van der Waals surface area contributed by atoms with E-state index in [2.05, 4.69) is 12.1 Å². The molecule has 0 aliphatic rings. The fourth-order valence-electron chi connectivity index (χ4n) is 2.32. The van der Waals surface area contributed by atoms with Crippen molar-refractivity contribution in [3.8, 4) is 11.5 Å². The second kappa shape index (κ2) is 6.79. The van der Waals surface area contributed by atoms with E-state index >= 15 is 0 Å². The molecule has 1 N–H and O–H groups in total. The maximum atomic E-state index is 12.0. The van der Waals surface area contributed by atoms with Crippen LogP contribution in [-0.2, 0) is 6.42 Å². The average Bonchev–Trinajstić information content (AvgIpc) is 2.58. The van der Waals surface area contributed by atoms with Crippen LogP contribution in [0, 0.1) is 0 Å². The minimum absolute atomic E-state index is 0.0850. The second-order valence-corrected chi connectivity index (χ2v) is 5.21. The zero-order valence-electron chi connectivity index (χ0n) is 12.5. The fraction of sp³-hybridized carbons (Fsp3) is 0.0500. The lowest BCUT2D eigenvalue weighted by Crippen LogP contribution is -2.08. The lowest BCUT2D eigenvalue weighted by molar-refractivity contribution is 0.0731. The van der Waals surface area contributed by atoms with Crippen LogP contribution in [0.4, 0.5) is 0 Å². The standard InChI is InChI=1S/C20H16O3/c21-19-9-5-4-8-18(19)20(22)23-17-12-10-16(11-13-17)14-15-6-2-1-3-7-15/h1-13,21H,14H2. The molecule has 0 fully saturated rings. The Balaban J connectivity index is 1.68. The Bertz CT molecular complexity index is 793. The summed E-state index contributed by atoms with van der Waals surface area (Å²) in [7, 11) is 0. The van der Waals surface area contributed by atoms with Gasteiger partial charge < -0.3 is 9.84 Å². The quantitative estimate of drug-likeness (QED) is 0.580. The molecule has 3 heteroatoms. The summed E-state index contributed by atoms with van der Waals surface area (Å²) < 4.78 is 5.29. The van der Waals surface area contributed by atoms with Crippen LogP contribution in [0.5, 0.6) is 11.5 Å². The highest BCUT2D eigenvalue weighted by molar-refractivity contribution is 5.93. The molecule has 0 aliphatic carbocycles. The molecule has 3 nitrogen and oxygen atoms in total. The van der Waals surface area contributed by atoms with Gasteiger partial charge in [-0.25, -0.2) is 4.79 Å². The van der Waals surface area contributed by atoms with Gasteiger partial charge in [-0.05, 0) is 41.8 Å². The Morgan fingerprint density at radius 2 is 1.39 bits per heavy atom. The SMILES string of the molecule is O=C(Oc1ccc(Cc2ccccc2)cc1)c1ccccc1O. The molecular weight excluding hydrogens is 288 g/mol. The molecule has 114 valence electrons. The molecule has 0 saturated heterocycles. The first-order valence-corrected chi connectivity index (χ1v) is 7.35. The van der Waals surface area contributed by atoms with E-state index in [0.29, 0.717) is 5.75 Å². The number of phenols is 1. The van der Waals surface area contributed by atoms with Gasteiger partial charge in [0, 0.05) is 0 Å². The molecule has 0 amide bonds. The van der Waals surface area contributed by atoms with Crippen LogP contribution >= 0.6 is 0 Å². The molecule has 23 heavy (non-hydrogen) atoms. The van der Waals surface area contributed by atoms with E-state index in [1.165, 1.54) is 17.7 Å². The van der Waals surface area contributed by atoms with E-state index in [1.54, 1.807) is 24.3 Å². The molecule has 0 radical (unpaired) electrons. The molecule has 3 aromatic rings. The maximum absolute atomic E-state index is 12.0. The smallest absolute Gasteiger partial charge is 0.347 e. The van der Waals surface area contributed by atoms with Crippen molar-refractivity contribution in [3.63, 3.8) is 0 Å². The summed E-state index contributed by atoms with van der Waals surface area (Å²) in [4.78, 5) is 12.0. The number of para-hydroxylation sites is 1. The van der Waals surface area contributed by atoms with Gasteiger partial charge in [0.05, 0.1) is 0 Å². The number of aromatic hydroxyl groups is 1. The molecule has 0 heterocycles. The van der Waals surface area contributed by atoms with Gasteiger partial charge in [0.15, 0.2) is 0 Å². The van der Waals surface area contributed by atoms with Crippen molar-refractivity contribution in [3.05, 3.63) is 95.6 Å². The highest BCUT2D eigenvalue weighted by atomic mass is 16.5. The molecule has 3 aromatic carbocycles. The van der Waals surface area contributed by atoms with E-state index in [4.69, 9.17) is 4.74 Å². The Morgan fingerprint density at radius 3 is 2.09 bits per heavy atom. The van der Waals surface area contributed by atoms with Gasteiger partial charge in [-0.1, -0.05) is 54.6 Å². The molecule has 0 atom stereocenters. The monoisotopic (exact) mass is 304 g/mol. The Kier molecular flexibility index (Phi) is 4.39. The van der Waals surface area contributed by atoms with Crippen molar-refractivity contribution in [2.24, 2.45) is 0 Å². The maximum Gasteiger partial charge on any atom is 0.347 e. The number of phenolic OH excluding ortho intramolecular Hbond substituents is 1. The van der Waals surface area contributed by atoms with Gasteiger partial charge in [-0.15, -0.1) is 0 Å². The second-order valence-electron chi connectivity index (χ2n) is 5.21. The predicted molar refractivity (Wildman–Crippen MR) is 88.8 cm³/mol. The third-order valence-corrected chi connectivity index (χ3v) is 3.51. The molecule has 0 spiro atoms. The van der Waals surface area contributed by atoms with Gasteiger partial charge in [-0.2, -0.15) is 0 Å². The predicted octanol–water partition coefficient (Wildman–Crippen LogP) is 4.20. The number of ether oxygens (including phenoxy) is 1. The van der Waals surface area contributed by atoms with Crippen molar-refractivity contribution >= 4 is 5.97 Å². The number of hydrogen-bond donors (Lipinski definition) is 1. The molecule has 0 unspecified atom stereocenters. The normalized spacial score (nSPS) is 10.3. The molecule has 3 rings (SSSR count). The van der Waals surface area contributed by atoms with Gasteiger partial charge >= 0.3 is 5.97 Å². The largest absolute Gasteiger partial charge is 0.507 e. The minimum atomic E-state index is -0.570. The Hall–Kier alpha value is -3.07. The van der Waals surface area contributed by atoms with Crippen LogP contribution in [0.15, 0.2) is 78.9 Å². The van der Waals surface area contributed by atoms with Crippen LogP contribution in [0.25, 0.3) is 0 Å². The lowest BCUT2D eigenvalue weighted by atomic mass is 10.1. The summed E-state index contributed by atoms with van der Waals surface area (Å²) in [6, 6.07) is 23.9. The number of rotatable bonds is 4. The summed E-state index contributed by atoms with van der Waals surface area (Å²) in [6.07, 6.45) is 0.828. The summed E-state index contributed by atoms with van der Waals surface area (Å²) >= 11 is 0. The summed E-state index contributed by atoms with van der Waals surface area (Å²) in [5.41, 5.74) is 2.52. The lowest BCUT2D eigenvalue weighted by Gasteiger charge is -2.07. The molecule has 0 aromatic heterocycles. The first kappa shape index (κ1) is 14.9. The van der Waals surface area contributed by atoms with Crippen molar-refractivity contribution in [2.75, 3.05) is 0 Å². The number of carbonyl (C=O) groups is 1. The van der Waals surface area contributed by atoms with Crippen LogP contribution in [0.2, 0.25) is 0 Å². The van der Waals surface area contributed by atoms with Crippen molar-refractivity contribution in [2.45, 2.75) is 6.42 Å². The van der Waals surface area contributed by atoms with Gasteiger partial charge in [0.1, 0.15) is 17.1 Å². The number of carbonyl (C=O) groups excluding carboxylic acids is 1. The average molecular weight is 304 g/mol. The van der Waals surface area contributed by atoms with Crippen molar-refractivity contribution < 1.29 is 14.6 Å². The van der Waals surface area contributed by atoms with Gasteiger partial charge in [-0.3, -0.25) is 0 Å². The van der Waals surface area contributed by atoms with Crippen LogP contribution in [0.3, 0.4) is 0 Å². The third kappa shape index (κ3) is 3.77. The zero-order valence-corrected chi connectivity index (χ0v) is 12.5. The van der Waals surface area contributed by atoms with E-state index in [0.717, 1.165) is 12.0 Å². The van der Waals surface area contributed by atoms with Gasteiger partial charge in [0.25, 0.3) is 0 Å². The topological polar surface area (TPSA) is 46.5 Å². The molecule has 0 aliphatic heterocycles. The first-order chi connectivity index (χ1) is 11.2. The van der Waals surface area contributed by atoms with Gasteiger partial charge in [0.2, 0.25) is 0 Å². The Morgan fingerprint density at radius 1 is 0.783 bits per heavy atom. The van der Waals surface area contributed by atoms with E-state index in [1.807, 2.05) is 30.3 Å². The van der Waals surface area contributed by atoms with Crippen LogP contribution in [-0.4, -0.2) is 11.1 Å². The number of hydrogen-bond acceptors (Lipinski definition) is 3. The van der Waals surface area contributed by atoms with E-state index in [9.17, 15) is 9.90 Å². The molecule has 0 bridgehead atoms. The summed E-state index contributed by atoms with van der Waals surface area (Å²) in [5, 5.41) is 9.67. The van der Waals surface area contributed by atoms with Crippen molar-refractivity contribution in [1.29, 1.82) is 0 Å². The van der Waals surface area contributed by atoms with Crippen molar-refractivity contribution in [1.82, 2.24) is 0 Å². The van der Waals surface area contributed by atoms with Crippen LogP contribution < -0.4 is 4.74 Å². The minimum Gasteiger partial charge on any atom is -0.507 e. The fourth-order valence-corrected chi connectivity index (χ4v) is 2.32. The first-order valence-electron chi connectivity index (χ1n) is 7.35. The summed E-state index contributed by atoms with van der Waals surface area (Å²) in [5.74, 6) is -0.202. The number of benzene rings is 3. The van der Waals surface area contributed by atoms with E-state index in [-0.39, 0.29) is 11.3 Å². The molecule has 0 saturated carbocycles. The van der Waals surface area contributed by atoms with Crippen LogP contribution in [0.1, 0.15) is 21.5 Å². The number of esters is 1.